The summed E-state index contributed by atoms with van der Waals surface area (Å²) in [6, 6.07) is 10.1. The van der Waals surface area contributed by atoms with Crippen LogP contribution in [-0.2, 0) is 0 Å². The summed E-state index contributed by atoms with van der Waals surface area (Å²) in [5.74, 6) is 0.538. The van der Waals surface area contributed by atoms with Crippen LogP contribution in [0.15, 0.2) is 36.4 Å². The first-order valence-corrected chi connectivity index (χ1v) is 6.29. The molecule has 0 atom stereocenters. The molecule has 6 heteroatoms. The van der Waals surface area contributed by atoms with E-state index in [2.05, 4.69) is 9.97 Å². The summed E-state index contributed by atoms with van der Waals surface area (Å²) in [5.41, 5.74) is 3.27. The highest BCUT2D eigenvalue weighted by atomic mass is 16.6. The number of aromatic amines is 1. The van der Waals surface area contributed by atoms with Crippen LogP contribution in [0.25, 0.3) is 22.4 Å². The molecule has 6 nitrogen and oxygen atoms in total. The molecule has 0 amide bonds. The van der Waals surface area contributed by atoms with Crippen LogP contribution in [0.4, 0.5) is 5.69 Å². The molecule has 2 aromatic carbocycles. The van der Waals surface area contributed by atoms with Crippen molar-refractivity contribution in [1.29, 1.82) is 0 Å². The lowest BCUT2D eigenvalue weighted by atomic mass is 10.1. The number of benzene rings is 2. The number of aryl methyl sites for hydroxylation is 1. The number of hydrogen-bond donors (Lipinski definition) is 1. The van der Waals surface area contributed by atoms with E-state index in [1.54, 1.807) is 37.3 Å². The molecule has 1 heterocycles. The second-order valence-corrected chi connectivity index (χ2v) is 4.74. The first-order chi connectivity index (χ1) is 10.1. The van der Waals surface area contributed by atoms with E-state index in [-0.39, 0.29) is 5.69 Å². The molecule has 0 spiro atoms. The number of nitro groups is 1. The molecule has 0 saturated heterocycles. The summed E-state index contributed by atoms with van der Waals surface area (Å²) in [4.78, 5) is 28.8. The summed E-state index contributed by atoms with van der Waals surface area (Å²) in [7, 11) is 0. The number of fused-ring (bicyclic) bond motifs is 1. The highest BCUT2D eigenvalue weighted by molar-refractivity contribution is 5.86. The molecule has 0 saturated carbocycles. The molecular weight excluding hydrogens is 270 g/mol. The van der Waals surface area contributed by atoms with Crippen molar-refractivity contribution in [2.75, 3.05) is 0 Å². The molecule has 3 aromatic rings. The predicted molar refractivity (Wildman–Crippen MR) is 78.3 cm³/mol. The van der Waals surface area contributed by atoms with Crippen molar-refractivity contribution in [3.05, 3.63) is 57.6 Å². The molecule has 0 aliphatic rings. The SMILES string of the molecule is Cc1ccc(-c2nc3ccc(C=O)cc3[nH]2)cc1[N+](=O)[O-]. The van der Waals surface area contributed by atoms with Crippen LogP contribution >= 0.6 is 0 Å². The van der Waals surface area contributed by atoms with Gasteiger partial charge < -0.3 is 4.98 Å². The van der Waals surface area contributed by atoms with E-state index in [0.29, 0.717) is 28.0 Å². The molecule has 0 fully saturated rings. The van der Waals surface area contributed by atoms with Crippen LogP contribution in [0, 0.1) is 17.0 Å². The van der Waals surface area contributed by atoms with E-state index in [4.69, 9.17) is 0 Å². The topological polar surface area (TPSA) is 88.9 Å². The lowest BCUT2D eigenvalue weighted by Gasteiger charge is -2.00. The number of carbonyl (C=O) groups excluding carboxylic acids is 1. The van der Waals surface area contributed by atoms with Gasteiger partial charge in [0, 0.05) is 22.8 Å². The van der Waals surface area contributed by atoms with Gasteiger partial charge in [-0.1, -0.05) is 12.1 Å². The second kappa shape index (κ2) is 4.82. The third-order valence-electron chi connectivity index (χ3n) is 3.32. The Morgan fingerprint density at radius 1 is 1.24 bits per heavy atom. The Labute approximate surface area is 119 Å². The van der Waals surface area contributed by atoms with E-state index in [0.717, 1.165) is 11.8 Å². The number of rotatable bonds is 3. The van der Waals surface area contributed by atoms with Gasteiger partial charge >= 0.3 is 0 Å². The van der Waals surface area contributed by atoms with Crippen molar-refractivity contribution in [2.24, 2.45) is 0 Å². The maximum Gasteiger partial charge on any atom is 0.273 e. The van der Waals surface area contributed by atoms with Crippen LogP contribution in [0.1, 0.15) is 15.9 Å². The average Bonchev–Trinajstić information content (AvgIpc) is 2.90. The monoisotopic (exact) mass is 281 g/mol. The Kier molecular flexibility index (Phi) is 2.98. The van der Waals surface area contributed by atoms with Crippen molar-refractivity contribution in [2.45, 2.75) is 6.92 Å². The molecule has 3 rings (SSSR count). The molecule has 104 valence electrons. The smallest absolute Gasteiger partial charge is 0.273 e. The Hall–Kier alpha value is -3.02. The number of H-pyrrole nitrogens is 1. The predicted octanol–water partition coefficient (Wildman–Crippen LogP) is 3.26. The zero-order chi connectivity index (χ0) is 15.0. The Balaban J connectivity index is 2.14. The van der Waals surface area contributed by atoms with E-state index in [1.165, 1.54) is 6.07 Å². The quantitative estimate of drug-likeness (QED) is 0.453. The number of nitrogens with one attached hydrogen (secondary N) is 1. The van der Waals surface area contributed by atoms with Crippen LogP contribution in [0.2, 0.25) is 0 Å². The third kappa shape index (κ3) is 2.27. The van der Waals surface area contributed by atoms with Gasteiger partial charge in [-0.15, -0.1) is 0 Å². The van der Waals surface area contributed by atoms with Crippen LogP contribution in [-0.4, -0.2) is 21.2 Å². The van der Waals surface area contributed by atoms with E-state index < -0.39 is 4.92 Å². The Morgan fingerprint density at radius 2 is 2.05 bits per heavy atom. The molecule has 0 aliphatic carbocycles. The molecular formula is C15H11N3O3. The number of nitro benzene ring substituents is 1. The Morgan fingerprint density at radius 3 is 2.76 bits per heavy atom. The summed E-state index contributed by atoms with van der Waals surface area (Å²) >= 11 is 0. The van der Waals surface area contributed by atoms with Gasteiger partial charge in [0.05, 0.1) is 16.0 Å². The number of carbonyl (C=O) groups is 1. The molecule has 0 radical (unpaired) electrons. The van der Waals surface area contributed by atoms with Crippen LogP contribution in [0.5, 0.6) is 0 Å². The zero-order valence-electron chi connectivity index (χ0n) is 11.2. The number of nitrogens with zero attached hydrogens (tertiary/aromatic N) is 2. The molecule has 0 bridgehead atoms. The van der Waals surface area contributed by atoms with Gasteiger partial charge in [0.1, 0.15) is 12.1 Å². The van der Waals surface area contributed by atoms with Gasteiger partial charge in [0.2, 0.25) is 0 Å². The number of imidazole rings is 1. The van der Waals surface area contributed by atoms with Crippen molar-refractivity contribution in [3.8, 4) is 11.4 Å². The lowest BCUT2D eigenvalue weighted by Crippen LogP contribution is -1.92. The molecule has 1 N–H and O–H groups in total. The molecule has 0 aliphatic heterocycles. The van der Waals surface area contributed by atoms with Crippen molar-refractivity contribution >= 4 is 23.0 Å². The fourth-order valence-electron chi connectivity index (χ4n) is 2.19. The number of hydrogen-bond acceptors (Lipinski definition) is 4. The van der Waals surface area contributed by atoms with Crippen molar-refractivity contribution in [1.82, 2.24) is 9.97 Å². The highest BCUT2D eigenvalue weighted by Gasteiger charge is 2.14. The summed E-state index contributed by atoms with van der Waals surface area (Å²) in [6.07, 6.45) is 0.761. The van der Waals surface area contributed by atoms with Gasteiger partial charge in [-0.2, -0.15) is 0 Å². The second-order valence-electron chi connectivity index (χ2n) is 4.74. The maximum absolute atomic E-state index is 11.0. The molecule has 21 heavy (non-hydrogen) atoms. The summed E-state index contributed by atoms with van der Waals surface area (Å²) in [6.45, 7) is 1.69. The van der Waals surface area contributed by atoms with Crippen molar-refractivity contribution in [3.63, 3.8) is 0 Å². The lowest BCUT2D eigenvalue weighted by molar-refractivity contribution is -0.385. The number of aldehydes is 1. The van der Waals surface area contributed by atoms with Gasteiger partial charge in [-0.3, -0.25) is 14.9 Å². The van der Waals surface area contributed by atoms with Gasteiger partial charge in [0.15, 0.2) is 0 Å². The van der Waals surface area contributed by atoms with Crippen LogP contribution in [0.3, 0.4) is 0 Å². The standard InChI is InChI=1S/C15H11N3O3/c1-9-2-4-11(7-14(9)18(20)21)15-16-12-5-3-10(8-19)6-13(12)17-15/h2-8H,1H3,(H,16,17). The first-order valence-electron chi connectivity index (χ1n) is 6.29. The summed E-state index contributed by atoms with van der Waals surface area (Å²) < 4.78 is 0. The fourth-order valence-corrected chi connectivity index (χ4v) is 2.19. The number of aromatic nitrogens is 2. The normalized spacial score (nSPS) is 10.7. The third-order valence-corrected chi connectivity index (χ3v) is 3.32. The minimum Gasteiger partial charge on any atom is -0.338 e. The highest BCUT2D eigenvalue weighted by Crippen LogP contribution is 2.26. The Bertz CT molecular complexity index is 868. The van der Waals surface area contributed by atoms with Crippen LogP contribution < -0.4 is 0 Å². The minimum atomic E-state index is -0.411. The van der Waals surface area contributed by atoms with E-state index >= 15 is 0 Å². The summed E-state index contributed by atoms with van der Waals surface area (Å²) in [5, 5.41) is 11.0. The first kappa shape index (κ1) is 13.0. The van der Waals surface area contributed by atoms with Gasteiger partial charge in [-0.25, -0.2) is 4.98 Å². The molecule has 1 aromatic heterocycles. The maximum atomic E-state index is 11.0. The zero-order valence-corrected chi connectivity index (χ0v) is 11.2. The molecule has 0 unspecified atom stereocenters. The van der Waals surface area contributed by atoms with E-state index in [9.17, 15) is 14.9 Å². The fraction of sp³-hybridized carbons (Fsp3) is 0.0667. The minimum absolute atomic E-state index is 0.0570. The largest absolute Gasteiger partial charge is 0.338 e. The van der Waals surface area contributed by atoms with Crippen molar-refractivity contribution < 1.29 is 9.72 Å². The average molecular weight is 281 g/mol. The van der Waals surface area contributed by atoms with E-state index in [1.807, 2.05) is 0 Å². The van der Waals surface area contributed by atoms with Gasteiger partial charge in [-0.05, 0) is 25.1 Å². The van der Waals surface area contributed by atoms with Gasteiger partial charge in [0.25, 0.3) is 5.69 Å².